The molecular formula is C15H22O. The number of aliphatic hydroxyl groups is 1. The first kappa shape index (κ1) is 10.6. The van der Waals surface area contributed by atoms with Gasteiger partial charge in [-0.3, -0.25) is 0 Å². The molecule has 0 heterocycles. The van der Waals surface area contributed by atoms with Gasteiger partial charge in [0.2, 0.25) is 0 Å². The molecule has 1 N–H and O–H groups in total. The summed E-state index contributed by atoms with van der Waals surface area (Å²) in [6, 6.07) is 0. The van der Waals surface area contributed by atoms with Crippen LogP contribution in [0.3, 0.4) is 0 Å². The molecule has 3 aliphatic carbocycles. The summed E-state index contributed by atoms with van der Waals surface area (Å²) in [5.74, 6) is 1.72. The molecule has 0 unspecified atom stereocenters. The lowest BCUT2D eigenvalue weighted by Gasteiger charge is -2.33. The Hall–Kier alpha value is -0.560. The minimum absolute atomic E-state index is 0.294. The van der Waals surface area contributed by atoms with Crippen molar-refractivity contribution in [1.29, 1.82) is 0 Å². The molecule has 0 aromatic heterocycles. The molecule has 1 heteroatoms. The minimum atomic E-state index is -0.621. The van der Waals surface area contributed by atoms with Crippen molar-refractivity contribution in [3.63, 3.8) is 0 Å². The van der Waals surface area contributed by atoms with Crippen LogP contribution in [-0.4, -0.2) is 10.7 Å². The molecule has 0 spiro atoms. The molecule has 16 heavy (non-hydrogen) atoms. The highest BCUT2D eigenvalue weighted by Gasteiger charge is 2.67. The monoisotopic (exact) mass is 218 g/mol. The summed E-state index contributed by atoms with van der Waals surface area (Å²) in [4.78, 5) is 0. The van der Waals surface area contributed by atoms with Crippen molar-refractivity contribution in [1.82, 2.24) is 0 Å². The van der Waals surface area contributed by atoms with Crippen LogP contribution in [0, 0.1) is 23.2 Å². The molecule has 3 fully saturated rings. The van der Waals surface area contributed by atoms with Crippen LogP contribution in [-0.2, 0) is 0 Å². The van der Waals surface area contributed by atoms with Crippen molar-refractivity contribution < 1.29 is 5.11 Å². The Labute approximate surface area is 98.2 Å². The van der Waals surface area contributed by atoms with Crippen molar-refractivity contribution in [2.75, 3.05) is 0 Å². The maximum Gasteiger partial charge on any atom is 0.0925 e. The topological polar surface area (TPSA) is 20.2 Å². The van der Waals surface area contributed by atoms with Gasteiger partial charge in [-0.15, -0.1) is 0 Å². The number of fused-ring (bicyclic) bond motifs is 3. The summed E-state index contributed by atoms with van der Waals surface area (Å²) in [5, 5.41) is 10.9. The van der Waals surface area contributed by atoms with E-state index in [2.05, 4.69) is 27.0 Å². The summed E-state index contributed by atoms with van der Waals surface area (Å²) in [6.07, 6.45) is 4.06. The van der Waals surface area contributed by atoms with Crippen LogP contribution in [0.2, 0.25) is 0 Å². The molecule has 0 aliphatic heterocycles. The van der Waals surface area contributed by atoms with Gasteiger partial charge in [-0.1, -0.05) is 32.6 Å². The third-order valence-corrected chi connectivity index (χ3v) is 5.65. The van der Waals surface area contributed by atoms with Gasteiger partial charge >= 0.3 is 0 Å². The quantitative estimate of drug-likeness (QED) is 0.618. The first-order valence-electron chi connectivity index (χ1n) is 6.47. The summed E-state index contributed by atoms with van der Waals surface area (Å²) >= 11 is 0. The molecule has 0 amide bonds. The van der Waals surface area contributed by atoms with E-state index in [0.29, 0.717) is 17.3 Å². The highest BCUT2D eigenvalue weighted by atomic mass is 16.3. The van der Waals surface area contributed by atoms with Crippen molar-refractivity contribution in [2.24, 2.45) is 23.2 Å². The van der Waals surface area contributed by atoms with Gasteiger partial charge in [0.25, 0.3) is 0 Å². The van der Waals surface area contributed by atoms with Gasteiger partial charge in [-0.05, 0) is 48.5 Å². The molecule has 0 bridgehead atoms. The lowest BCUT2D eigenvalue weighted by molar-refractivity contribution is 0.0334. The lowest BCUT2D eigenvalue weighted by atomic mass is 9.78. The van der Waals surface area contributed by atoms with E-state index in [0.717, 1.165) is 30.8 Å². The fraction of sp³-hybridized carbons (Fsp3) is 0.733. The van der Waals surface area contributed by atoms with E-state index < -0.39 is 5.60 Å². The number of rotatable bonds is 0. The average Bonchev–Trinajstić information content (AvgIpc) is 2.64. The lowest BCUT2D eigenvalue weighted by Crippen LogP contribution is -2.37. The largest absolute Gasteiger partial charge is 0.385 e. The van der Waals surface area contributed by atoms with Crippen LogP contribution in [0.5, 0.6) is 0 Å². The molecule has 3 rings (SSSR count). The first-order chi connectivity index (χ1) is 7.39. The minimum Gasteiger partial charge on any atom is -0.385 e. The van der Waals surface area contributed by atoms with Gasteiger partial charge in [0.05, 0.1) is 5.60 Å². The van der Waals surface area contributed by atoms with Gasteiger partial charge in [0.1, 0.15) is 0 Å². The Kier molecular flexibility index (Phi) is 1.86. The van der Waals surface area contributed by atoms with Gasteiger partial charge in [0, 0.05) is 5.92 Å². The molecular weight excluding hydrogens is 196 g/mol. The SMILES string of the molecule is C=C1CC[C@]2(O)C(=C)CC[C@H]3[C@@H]([C@@H]12)C3(C)C. The van der Waals surface area contributed by atoms with Crippen LogP contribution in [0.15, 0.2) is 24.3 Å². The smallest absolute Gasteiger partial charge is 0.0925 e. The number of hydrogen-bond donors (Lipinski definition) is 1. The summed E-state index contributed by atoms with van der Waals surface area (Å²) < 4.78 is 0. The molecule has 0 saturated heterocycles. The Morgan fingerprint density at radius 1 is 1.25 bits per heavy atom. The molecule has 0 aromatic carbocycles. The van der Waals surface area contributed by atoms with Crippen molar-refractivity contribution in [2.45, 2.75) is 45.1 Å². The fourth-order valence-electron chi connectivity index (χ4n) is 4.49. The second-order valence-electron chi connectivity index (χ2n) is 6.66. The Bertz CT molecular complexity index is 379. The predicted octanol–water partition coefficient (Wildman–Crippen LogP) is 3.31. The van der Waals surface area contributed by atoms with E-state index in [1.54, 1.807) is 0 Å². The Morgan fingerprint density at radius 2 is 1.94 bits per heavy atom. The van der Waals surface area contributed by atoms with E-state index in [4.69, 9.17) is 0 Å². The molecule has 88 valence electrons. The van der Waals surface area contributed by atoms with Crippen molar-refractivity contribution >= 4 is 0 Å². The van der Waals surface area contributed by atoms with Gasteiger partial charge < -0.3 is 5.11 Å². The summed E-state index contributed by atoms with van der Waals surface area (Å²) in [6.45, 7) is 13.0. The van der Waals surface area contributed by atoms with Crippen LogP contribution < -0.4 is 0 Å². The highest BCUT2D eigenvalue weighted by molar-refractivity contribution is 5.34. The summed E-state index contributed by atoms with van der Waals surface area (Å²) in [5.41, 5.74) is 2.13. The van der Waals surface area contributed by atoms with E-state index in [1.807, 2.05) is 0 Å². The Balaban J connectivity index is 2.04. The zero-order valence-electron chi connectivity index (χ0n) is 10.4. The van der Waals surface area contributed by atoms with Crippen LogP contribution in [0.25, 0.3) is 0 Å². The zero-order chi connectivity index (χ0) is 11.7. The second kappa shape index (κ2) is 2.81. The molecule has 4 atom stereocenters. The van der Waals surface area contributed by atoms with E-state index in [-0.39, 0.29) is 0 Å². The predicted molar refractivity (Wildman–Crippen MR) is 65.9 cm³/mol. The molecule has 3 saturated carbocycles. The fourth-order valence-corrected chi connectivity index (χ4v) is 4.49. The maximum atomic E-state index is 10.9. The third kappa shape index (κ3) is 1.05. The highest BCUT2D eigenvalue weighted by Crippen LogP contribution is 2.71. The second-order valence-corrected chi connectivity index (χ2v) is 6.66. The molecule has 3 aliphatic rings. The maximum absolute atomic E-state index is 10.9. The van der Waals surface area contributed by atoms with Crippen molar-refractivity contribution in [3.05, 3.63) is 24.3 Å². The van der Waals surface area contributed by atoms with Crippen molar-refractivity contribution in [3.8, 4) is 0 Å². The standard InChI is InChI=1S/C15H22O/c1-9-7-8-15(16)10(2)5-6-11-13(12(9)15)14(11,3)4/h11-13,16H,1-2,5-8H2,3-4H3/t11-,12+,13-,15-/m0/s1. The van der Waals surface area contributed by atoms with Crippen LogP contribution >= 0.6 is 0 Å². The average molecular weight is 218 g/mol. The van der Waals surface area contributed by atoms with Gasteiger partial charge in [-0.2, -0.15) is 0 Å². The van der Waals surface area contributed by atoms with Gasteiger partial charge in [-0.25, -0.2) is 0 Å². The third-order valence-electron chi connectivity index (χ3n) is 5.65. The van der Waals surface area contributed by atoms with Crippen LogP contribution in [0.1, 0.15) is 39.5 Å². The molecule has 0 radical (unpaired) electrons. The van der Waals surface area contributed by atoms with E-state index in [1.165, 1.54) is 12.0 Å². The Morgan fingerprint density at radius 3 is 2.62 bits per heavy atom. The van der Waals surface area contributed by atoms with Crippen LogP contribution in [0.4, 0.5) is 0 Å². The van der Waals surface area contributed by atoms with Gasteiger partial charge in [0.15, 0.2) is 0 Å². The zero-order valence-corrected chi connectivity index (χ0v) is 10.4. The normalized spacial score (nSPS) is 49.6. The molecule has 0 aromatic rings. The molecule has 1 nitrogen and oxygen atoms in total. The first-order valence-corrected chi connectivity index (χ1v) is 6.47. The van der Waals surface area contributed by atoms with E-state index >= 15 is 0 Å². The number of hydrogen-bond acceptors (Lipinski definition) is 1. The van der Waals surface area contributed by atoms with E-state index in [9.17, 15) is 5.11 Å². The summed E-state index contributed by atoms with van der Waals surface area (Å²) in [7, 11) is 0.